The molecule has 1 fully saturated rings. The van der Waals surface area contributed by atoms with Gasteiger partial charge in [0.15, 0.2) is 5.69 Å². The monoisotopic (exact) mass is 547 g/mol. The van der Waals surface area contributed by atoms with Crippen molar-refractivity contribution in [3.05, 3.63) is 82.3 Å². The van der Waals surface area contributed by atoms with Crippen molar-refractivity contribution in [2.24, 2.45) is 10.2 Å². The molecule has 1 aromatic heterocycles. The molecule has 0 atom stereocenters. The predicted octanol–water partition coefficient (Wildman–Crippen LogP) is 5.89. The molecule has 3 aromatic carbocycles. The second kappa shape index (κ2) is 10.5. The number of nitrogens with zero attached hydrogens (tertiary/aromatic N) is 4. The summed E-state index contributed by atoms with van der Waals surface area (Å²) in [5.74, 6) is 0.313. The van der Waals surface area contributed by atoms with Crippen molar-refractivity contribution >= 4 is 44.1 Å². The van der Waals surface area contributed by atoms with Crippen LogP contribution < -0.4 is 9.64 Å². The minimum atomic E-state index is -0.462. The van der Waals surface area contributed by atoms with E-state index in [0.29, 0.717) is 16.5 Å². The van der Waals surface area contributed by atoms with Crippen LogP contribution in [0, 0.1) is 0 Å². The SMILES string of the molecule is COc1ccccc1N1CCN(Cc2ccc(C(=O)N=Nc3c(O)[nH]c4ccc(Br)cc34)cc2)CC1. The van der Waals surface area contributed by atoms with Crippen molar-refractivity contribution in [1.82, 2.24) is 9.88 Å². The number of aromatic hydroxyl groups is 1. The lowest BCUT2D eigenvalue weighted by molar-refractivity contribution is 0.0995. The van der Waals surface area contributed by atoms with Gasteiger partial charge in [0.2, 0.25) is 5.88 Å². The second-order valence-electron chi connectivity index (χ2n) is 8.65. The first-order chi connectivity index (χ1) is 17.5. The Hall–Kier alpha value is -3.69. The molecule has 4 aromatic rings. The number of methoxy groups -OCH3 is 1. The molecule has 8 nitrogen and oxygen atoms in total. The fraction of sp³-hybridized carbons (Fsp3) is 0.222. The maximum Gasteiger partial charge on any atom is 0.295 e. The molecule has 0 unspecified atom stereocenters. The van der Waals surface area contributed by atoms with E-state index in [4.69, 9.17) is 4.74 Å². The molecule has 0 aliphatic carbocycles. The first kappa shape index (κ1) is 24.0. The summed E-state index contributed by atoms with van der Waals surface area (Å²) >= 11 is 3.41. The highest BCUT2D eigenvalue weighted by Gasteiger charge is 2.20. The third-order valence-corrected chi connectivity index (χ3v) is 6.85. The third kappa shape index (κ3) is 5.12. The molecule has 1 aliphatic heterocycles. The number of carbonyl (C=O) groups is 1. The summed E-state index contributed by atoms with van der Waals surface area (Å²) in [5, 5.41) is 18.7. The summed E-state index contributed by atoms with van der Waals surface area (Å²) in [4.78, 5) is 20.2. The molecule has 0 bridgehead atoms. The van der Waals surface area contributed by atoms with Crippen LogP contribution in [0.5, 0.6) is 11.6 Å². The second-order valence-corrected chi connectivity index (χ2v) is 9.56. The number of ether oxygens (including phenoxy) is 1. The number of halogens is 1. The normalized spacial score (nSPS) is 14.6. The maximum absolute atomic E-state index is 12.6. The Kier molecular flexibility index (Phi) is 7.02. The molecule has 1 amide bonds. The van der Waals surface area contributed by atoms with E-state index in [-0.39, 0.29) is 11.6 Å². The van der Waals surface area contributed by atoms with Gasteiger partial charge in [-0.2, -0.15) is 0 Å². The molecule has 0 saturated carbocycles. The van der Waals surface area contributed by atoms with Gasteiger partial charge in [0, 0.05) is 48.1 Å². The van der Waals surface area contributed by atoms with Crippen LogP contribution in [0.3, 0.4) is 0 Å². The number of carbonyl (C=O) groups excluding carboxylic acids is 1. The number of para-hydroxylation sites is 2. The number of aromatic nitrogens is 1. The van der Waals surface area contributed by atoms with Crippen molar-refractivity contribution in [2.45, 2.75) is 6.54 Å². The Morgan fingerprint density at radius 3 is 2.56 bits per heavy atom. The fourth-order valence-corrected chi connectivity index (χ4v) is 4.80. The highest BCUT2D eigenvalue weighted by molar-refractivity contribution is 9.10. The lowest BCUT2D eigenvalue weighted by Gasteiger charge is -2.36. The van der Waals surface area contributed by atoms with Crippen molar-refractivity contribution < 1.29 is 14.6 Å². The summed E-state index contributed by atoms with van der Waals surface area (Å²) in [5.41, 5.74) is 3.66. The van der Waals surface area contributed by atoms with Gasteiger partial charge in [0.1, 0.15) is 5.75 Å². The topological polar surface area (TPSA) is 93.5 Å². The van der Waals surface area contributed by atoms with Crippen LogP contribution in [0.15, 0.2) is 81.4 Å². The van der Waals surface area contributed by atoms with E-state index in [1.165, 1.54) is 0 Å². The number of benzene rings is 3. The number of azo groups is 1. The van der Waals surface area contributed by atoms with Gasteiger partial charge >= 0.3 is 0 Å². The average molecular weight is 548 g/mol. The molecule has 5 rings (SSSR count). The van der Waals surface area contributed by atoms with Crippen molar-refractivity contribution in [2.75, 3.05) is 38.2 Å². The van der Waals surface area contributed by atoms with E-state index in [0.717, 1.165) is 54.2 Å². The lowest BCUT2D eigenvalue weighted by atomic mass is 10.1. The number of amides is 1. The Balaban J connectivity index is 1.19. The van der Waals surface area contributed by atoms with Crippen LogP contribution in [0.2, 0.25) is 0 Å². The van der Waals surface area contributed by atoms with Crippen LogP contribution in [0.1, 0.15) is 15.9 Å². The number of hydrogen-bond acceptors (Lipinski definition) is 6. The van der Waals surface area contributed by atoms with Crippen molar-refractivity contribution in [1.29, 1.82) is 0 Å². The molecule has 9 heteroatoms. The highest BCUT2D eigenvalue weighted by atomic mass is 79.9. The number of H-pyrrole nitrogens is 1. The van der Waals surface area contributed by atoms with Gasteiger partial charge in [0.25, 0.3) is 5.91 Å². The molecule has 0 radical (unpaired) electrons. The van der Waals surface area contributed by atoms with Gasteiger partial charge in [0.05, 0.1) is 18.3 Å². The number of rotatable bonds is 6. The molecule has 0 spiro atoms. The van der Waals surface area contributed by atoms with Gasteiger partial charge in [-0.1, -0.05) is 40.2 Å². The number of fused-ring (bicyclic) bond motifs is 1. The Bertz CT molecular complexity index is 1410. The molecule has 184 valence electrons. The van der Waals surface area contributed by atoms with Crippen LogP contribution in [-0.2, 0) is 6.54 Å². The average Bonchev–Trinajstić information content (AvgIpc) is 3.22. The van der Waals surface area contributed by atoms with Crippen molar-refractivity contribution in [3.63, 3.8) is 0 Å². The third-order valence-electron chi connectivity index (χ3n) is 6.36. The quantitative estimate of drug-likeness (QED) is 0.293. The molecule has 1 saturated heterocycles. The standard InChI is InChI=1S/C27H26BrN5O3/c1-36-24-5-3-2-4-23(24)33-14-12-32(13-15-33)17-18-6-8-19(9-7-18)26(34)31-30-25-21-16-20(28)10-11-22(21)29-27(25)35/h2-11,16,29,35H,12-15,17H2,1H3. The van der Waals surface area contributed by atoms with Gasteiger partial charge in [-0.3, -0.25) is 9.69 Å². The summed E-state index contributed by atoms with van der Waals surface area (Å²) in [6.45, 7) is 4.55. The van der Waals surface area contributed by atoms with E-state index in [1.54, 1.807) is 19.2 Å². The Morgan fingerprint density at radius 2 is 1.81 bits per heavy atom. The fourth-order valence-electron chi connectivity index (χ4n) is 4.44. The number of nitrogens with one attached hydrogen (secondary N) is 1. The Labute approximate surface area is 217 Å². The molecular formula is C27H26BrN5O3. The molecule has 36 heavy (non-hydrogen) atoms. The number of piperazine rings is 1. The summed E-state index contributed by atoms with van der Waals surface area (Å²) in [7, 11) is 1.70. The minimum Gasteiger partial charge on any atom is -0.495 e. The first-order valence-corrected chi connectivity index (χ1v) is 12.5. The van der Waals surface area contributed by atoms with Crippen LogP contribution >= 0.6 is 15.9 Å². The van der Waals surface area contributed by atoms with Gasteiger partial charge < -0.3 is 19.7 Å². The van der Waals surface area contributed by atoms with Gasteiger partial charge in [-0.05, 0) is 48.0 Å². The molecular weight excluding hydrogens is 522 g/mol. The Morgan fingerprint density at radius 1 is 1.06 bits per heavy atom. The highest BCUT2D eigenvalue weighted by Crippen LogP contribution is 2.37. The number of aromatic amines is 1. The summed E-state index contributed by atoms with van der Waals surface area (Å²) in [6, 6.07) is 21.0. The van der Waals surface area contributed by atoms with Crippen LogP contribution in [-0.4, -0.2) is 54.2 Å². The van der Waals surface area contributed by atoms with Gasteiger partial charge in [-0.25, -0.2) is 0 Å². The first-order valence-electron chi connectivity index (χ1n) is 11.7. The van der Waals surface area contributed by atoms with E-state index in [1.807, 2.05) is 48.5 Å². The predicted molar refractivity (Wildman–Crippen MR) is 143 cm³/mol. The lowest BCUT2D eigenvalue weighted by Crippen LogP contribution is -2.46. The number of hydrogen-bond donors (Lipinski definition) is 2. The van der Waals surface area contributed by atoms with Crippen LogP contribution in [0.25, 0.3) is 10.9 Å². The van der Waals surface area contributed by atoms with Crippen molar-refractivity contribution in [3.8, 4) is 11.6 Å². The smallest absolute Gasteiger partial charge is 0.295 e. The van der Waals surface area contributed by atoms with Crippen LogP contribution in [0.4, 0.5) is 11.4 Å². The largest absolute Gasteiger partial charge is 0.495 e. The summed E-state index contributed by atoms with van der Waals surface area (Å²) in [6.07, 6.45) is 0. The number of anilines is 1. The molecule has 2 N–H and O–H groups in total. The zero-order chi connectivity index (χ0) is 25.1. The van der Waals surface area contributed by atoms with E-state index >= 15 is 0 Å². The van der Waals surface area contributed by atoms with Gasteiger partial charge in [-0.15, -0.1) is 10.2 Å². The molecule has 1 aliphatic rings. The van der Waals surface area contributed by atoms with E-state index in [9.17, 15) is 9.90 Å². The zero-order valence-electron chi connectivity index (χ0n) is 19.8. The van der Waals surface area contributed by atoms with E-state index in [2.05, 4.69) is 47.0 Å². The molecule has 2 heterocycles. The van der Waals surface area contributed by atoms with E-state index < -0.39 is 5.91 Å². The minimum absolute atomic E-state index is 0.124. The zero-order valence-corrected chi connectivity index (χ0v) is 21.4. The summed E-state index contributed by atoms with van der Waals surface area (Å²) < 4.78 is 6.35. The maximum atomic E-state index is 12.6.